The number of fused-ring (bicyclic) bond motifs is 1. The van der Waals surface area contributed by atoms with Crippen molar-refractivity contribution < 1.29 is 45.2 Å². The number of hydrogen-bond acceptors (Lipinski definition) is 9. The highest BCUT2D eigenvalue weighted by atomic mass is 16.5. The maximum absolute atomic E-state index is 11.6. The molecular formula is C43H59NO9. The van der Waals surface area contributed by atoms with Crippen molar-refractivity contribution in [1.29, 1.82) is 0 Å². The van der Waals surface area contributed by atoms with Crippen LogP contribution in [-0.2, 0) is 17.8 Å². The van der Waals surface area contributed by atoms with E-state index in [1.807, 2.05) is 18.3 Å². The van der Waals surface area contributed by atoms with E-state index in [9.17, 15) is 35.7 Å². The molecule has 0 spiro atoms. The number of aromatic hydroxyl groups is 3. The van der Waals surface area contributed by atoms with Crippen LogP contribution in [0, 0.1) is 17.8 Å². The lowest BCUT2D eigenvalue weighted by Crippen LogP contribution is -2.44. The standard InChI is InChI=1S/C43H59NO9/c1-24-5-8-28(35(47)11-15-43(51)13-3-4-14-43)30(17-24)31-19-26(7-10-34(31)46)27-6-9-29-36(48)21-38(53-37(29)20-27)39-32(18-25-12-16-44-22-25)42(52-2)41(50)40(49)33(39)23-45/h7,10,12,16,19,22,24,27-30,35-38,44-51H,3-6,8-9,11,13-15,17-18,20-21,23H2,1-2H3. The van der Waals surface area contributed by atoms with E-state index >= 15 is 0 Å². The Morgan fingerprint density at radius 1 is 0.981 bits per heavy atom. The third kappa shape index (κ3) is 7.67. The van der Waals surface area contributed by atoms with E-state index < -0.39 is 42.0 Å². The van der Waals surface area contributed by atoms with Crippen molar-refractivity contribution in [2.45, 2.75) is 145 Å². The van der Waals surface area contributed by atoms with Crippen molar-refractivity contribution in [2.75, 3.05) is 7.11 Å². The predicted octanol–water partition coefficient (Wildman–Crippen LogP) is 6.96. The summed E-state index contributed by atoms with van der Waals surface area (Å²) < 4.78 is 12.5. The molecule has 9 atom stereocenters. The van der Waals surface area contributed by atoms with Gasteiger partial charge in [0, 0.05) is 42.3 Å². The molecule has 1 aromatic heterocycles. The second-order valence-electron chi connectivity index (χ2n) is 16.8. The Bertz CT molecular complexity index is 1700. The van der Waals surface area contributed by atoms with Gasteiger partial charge in [0.25, 0.3) is 0 Å². The molecular weight excluding hydrogens is 674 g/mol. The zero-order chi connectivity index (χ0) is 37.4. The van der Waals surface area contributed by atoms with Gasteiger partial charge in [-0.3, -0.25) is 0 Å². The summed E-state index contributed by atoms with van der Waals surface area (Å²) in [5, 5.41) is 77.8. The van der Waals surface area contributed by atoms with Crippen LogP contribution in [0.15, 0.2) is 36.7 Å². The number of phenols is 3. The minimum atomic E-state index is -0.670. The predicted molar refractivity (Wildman–Crippen MR) is 200 cm³/mol. The molecule has 3 aromatic rings. The molecule has 10 heteroatoms. The lowest BCUT2D eigenvalue weighted by molar-refractivity contribution is -0.154. The molecule has 2 aromatic carbocycles. The van der Waals surface area contributed by atoms with Crippen LogP contribution in [0.4, 0.5) is 0 Å². The van der Waals surface area contributed by atoms with Crippen molar-refractivity contribution in [3.8, 4) is 23.0 Å². The Morgan fingerprint density at radius 2 is 1.77 bits per heavy atom. The molecule has 1 saturated heterocycles. The average molecular weight is 734 g/mol. The van der Waals surface area contributed by atoms with Crippen LogP contribution in [-0.4, -0.2) is 71.8 Å². The van der Waals surface area contributed by atoms with E-state index in [2.05, 4.69) is 18.0 Å². The topological polar surface area (TPSA) is 176 Å². The van der Waals surface area contributed by atoms with Gasteiger partial charge in [0.05, 0.1) is 43.7 Å². The van der Waals surface area contributed by atoms with Crippen molar-refractivity contribution in [3.63, 3.8) is 0 Å². The zero-order valence-electron chi connectivity index (χ0n) is 31.2. The van der Waals surface area contributed by atoms with Gasteiger partial charge in [0.15, 0.2) is 11.5 Å². The minimum Gasteiger partial charge on any atom is -0.508 e. The van der Waals surface area contributed by atoms with Crippen LogP contribution < -0.4 is 4.74 Å². The first kappa shape index (κ1) is 38.0. The average Bonchev–Trinajstić information content (AvgIpc) is 3.84. The highest BCUT2D eigenvalue weighted by molar-refractivity contribution is 5.64. The number of aliphatic hydroxyl groups excluding tert-OH is 3. The Balaban J connectivity index is 1.14. The number of rotatable bonds is 11. The van der Waals surface area contributed by atoms with E-state index in [1.165, 1.54) is 7.11 Å². The highest BCUT2D eigenvalue weighted by Gasteiger charge is 2.45. The second-order valence-corrected chi connectivity index (χ2v) is 16.8. The summed E-state index contributed by atoms with van der Waals surface area (Å²) in [6, 6.07) is 7.85. The van der Waals surface area contributed by atoms with Crippen LogP contribution in [0.2, 0.25) is 0 Å². The summed E-state index contributed by atoms with van der Waals surface area (Å²) in [5.41, 5.74) is 3.53. The maximum atomic E-state index is 11.6. The fourth-order valence-corrected chi connectivity index (χ4v) is 10.6. The van der Waals surface area contributed by atoms with Gasteiger partial charge in [-0.2, -0.15) is 0 Å². The number of hydrogen-bond donors (Lipinski definition) is 8. The van der Waals surface area contributed by atoms with Gasteiger partial charge in [0.1, 0.15) is 5.75 Å². The van der Waals surface area contributed by atoms with Gasteiger partial charge in [-0.05, 0) is 116 Å². The third-order valence-corrected chi connectivity index (χ3v) is 13.5. The number of methoxy groups -OCH3 is 1. The third-order valence-electron chi connectivity index (χ3n) is 13.5. The van der Waals surface area contributed by atoms with Crippen molar-refractivity contribution in [1.82, 2.24) is 4.98 Å². The SMILES string of the molecule is COc1c(O)c(O)c(CO)c(C2CC(O)C3CCC(c4ccc(O)c(C5CC(C)CCC5C(O)CCC5(O)CCCC5)c4)CC3O2)c1Cc1cc[nH]c1. The molecule has 9 unspecified atom stereocenters. The number of nitrogens with one attached hydrogen (secondary N) is 1. The smallest absolute Gasteiger partial charge is 0.201 e. The molecule has 4 fully saturated rings. The number of aliphatic hydroxyl groups is 4. The number of aromatic nitrogens is 1. The molecule has 53 heavy (non-hydrogen) atoms. The molecule has 4 aliphatic rings. The monoisotopic (exact) mass is 733 g/mol. The molecule has 3 saturated carbocycles. The van der Waals surface area contributed by atoms with Crippen LogP contribution in [0.25, 0.3) is 0 Å². The van der Waals surface area contributed by atoms with Gasteiger partial charge < -0.3 is 50.2 Å². The van der Waals surface area contributed by atoms with Gasteiger partial charge in [-0.25, -0.2) is 0 Å². The van der Waals surface area contributed by atoms with Crippen molar-refractivity contribution >= 4 is 0 Å². The molecule has 290 valence electrons. The fraction of sp³-hybridized carbons (Fsp3) is 0.628. The Morgan fingerprint density at radius 3 is 2.49 bits per heavy atom. The van der Waals surface area contributed by atoms with E-state index in [-0.39, 0.29) is 53.3 Å². The lowest BCUT2D eigenvalue weighted by atomic mass is 9.67. The van der Waals surface area contributed by atoms with E-state index in [4.69, 9.17) is 9.47 Å². The molecule has 0 radical (unpaired) electrons. The molecule has 0 bridgehead atoms. The molecule has 3 aliphatic carbocycles. The summed E-state index contributed by atoms with van der Waals surface area (Å²) in [6.07, 6.45) is 12.0. The number of benzene rings is 2. The van der Waals surface area contributed by atoms with Crippen molar-refractivity contribution in [3.05, 3.63) is 70.0 Å². The van der Waals surface area contributed by atoms with Crippen LogP contribution in [0.1, 0.15) is 142 Å². The quantitative estimate of drug-likeness (QED) is 0.0969. The molecule has 2 heterocycles. The maximum Gasteiger partial charge on any atom is 0.201 e. The molecule has 10 nitrogen and oxygen atoms in total. The number of ether oxygens (including phenoxy) is 2. The van der Waals surface area contributed by atoms with Crippen LogP contribution in [0.3, 0.4) is 0 Å². The highest BCUT2D eigenvalue weighted by Crippen LogP contribution is 2.53. The first-order chi connectivity index (χ1) is 25.5. The minimum absolute atomic E-state index is 0.00516. The van der Waals surface area contributed by atoms with E-state index in [0.717, 1.165) is 74.5 Å². The largest absolute Gasteiger partial charge is 0.508 e. The molecule has 1 aliphatic heterocycles. The number of H-pyrrole nitrogens is 1. The Labute approximate surface area is 312 Å². The van der Waals surface area contributed by atoms with Crippen molar-refractivity contribution in [2.24, 2.45) is 17.8 Å². The normalized spacial score (nSPS) is 30.5. The number of phenolic OH excluding ortho intramolecular Hbond substituents is 2. The van der Waals surface area contributed by atoms with Crippen LogP contribution >= 0.6 is 0 Å². The summed E-state index contributed by atoms with van der Waals surface area (Å²) in [4.78, 5) is 3.05. The van der Waals surface area contributed by atoms with Gasteiger partial charge >= 0.3 is 0 Å². The second kappa shape index (κ2) is 15.8. The zero-order valence-corrected chi connectivity index (χ0v) is 31.2. The van der Waals surface area contributed by atoms with E-state index in [1.54, 1.807) is 12.3 Å². The van der Waals surface area contributed by atoms with Gasteiger partial charge in [-0.1, -0.05) is 38.3 Å². The first-order valence-electron chi connectivity index (χ1n) is 19.9. The Hall–Kier alpha value is -3.28. The summed E-state index contributed by atoms with van der Waals surface area (Å²) >= 11 is 0. The lowest BCUT2D eigenvalue weighted by Gasteiger charge is -2.46. The fourth-order valence-electron chi connectivity index (χ4n) is 10.6. The van der Waals surface area contributed by atoms with Gasteiger partial charge in [0.2, 0.25) is 5.75 Å². The van der Waals surface area contributed by atoms with Crippen LogP contribution in [0.5, 0.6) is 23.0 Å². The summed E-state index contributed by atoms with van der Waals surface area (Å²) in [6.45, 7) is 1.72. The summed E-state index contributed by atoms with van der Waals surface area (Å²) in [7, 11) is 1.43. The van der Waals surface area contributed by atoms with E-state index in [0.29, 0.717) is 42.7 Å². The van der Waals surface area contributed by atoms with Gasteiger partial charge in [-0.15, -0.1) is 0 Å². The molecule has 7 rings (SSSR count). The molecule has 0 amide bonds. The number of aromatic amines is 1. The summed E-state index contributed by atoms with van der Waals surface area (Å²) in [5.74, 6) is -0.000970. The Kier molecular flexibility index (Phi) is 11.4. The first-order valence-corrected chi connectivity index (χ1v) is 19.9. The molecule has 8 N–H and O–H groups in total.